The first kappa shape index (κ1) is 18.6. The Balaban J connectivity index is 1.66. The molecule has 0 fully saturated rings. The van der Waals surface area contributed by atoms with Crippen LogP contribution in [0.4, 0.5) is 5.00 Å². The third kappa shape index (κ3) is 4.70. The standard InChI is InChI=1S/C18H17N3O5S/c1-24-15(22)8-7-14-20-17(21-26-14)12-9-13(27-16(12)19)18(23)25-10-11-5-3-2-4-6-11/h2-6,9H,7-8,10,19H2,1H3. The highest BCUT2D eigenvalue weighted by Gasteiger charge is 2.19. The van der Waals surface area contributed by atoms with Crippen molar-refractivity contribution in [1.82, 2.24) is 10.1 Å². The second-order valence-corrected chi connectivity index (χ2v) is 6.62. The predicted molar refractivity (Wildman–Crippen MR) is 97.9 cm³/mol. The number of aryl methyl sites for hydroxylation is 1. The van der Waals surface area contributed by atoms with Gasteiger partial charge in [0.25, 0.3) is 0 Å². The molecule has 9 heteroatoms. The van der Waals surface area contributed by atoms with Gasteiger partial charge in [-0.1, -0.05) is 35.5 Å². The van der Waals surface area contributed by atoms with Crippen LogP contribution in [-0.4, -0.2) is 29.2 Å². The molecule has 8 nitrogen and oxygen atoms in total. The smallest absolute Gasteiger partial charge is 0.348 e. The lowest BCUT2D eigenvalue weighted by atomic mass is 10.2. The number of nitrogens with two attached hydrogens (primary N) is 1. The van der Waals surface area contributed by atoms with Crippen LogP contribution in [0.5, 0.6) is 0 Å². The maximum atomic E-state index is 12.2. The van der Waals surface area contributed by atoms with Crippen molar-refractivity contribution >= 4 is 28.3 Å². The van der Waals surface area contributed by atoms with Crippen LogP contribution < -0.4 is 5.73 Å². The van der Waals surface area contributed by atoms with E-state index in [1.807, 2.05) is 30.3 Å². The number of nitrogen functional groups attached to an aromatic ring is 1. The molecule has 3 aromatic rings. The first-order chi connectivity index (χ1) is 13.1. The summed E-state index contributed by atoms with van der Waals surface area (Å²) < 4.78 is 15.0. The summed E-state index contributed by atoms with van der Waals surface area (Å²) in [7, 11) is 1.31. The number of anilines is 1. The normalized spacial score (nSPS) is 10.6. The van der Waals surface area contributed by atoms with Gasteiger partial charge in [0.15, 0.2) is 0 Å². The van der Waals surface area contributed by atoms with E-state index in [0.717, 1.165) is 16.9 Å². The van der Waals surface area contributed by atoms with Crippen LogP contribution in [0.3, 0.4) is 0 Å². The molecule has 0 bridgehead atoms. The number of hydrogen-bond acceptors (Lipinski definition) is 9. The number of carbonyl (C=O) groups excluding carboxylic acids is 2. The molecule has 2 heterocycles. The third-order valence-corrected chi connectivity index (χ3v) is 4.60. The number of ether oxygens (including phenoxy) is 2. The highest BCUT2D eigenvalue weighted by atomic mass is 32.1. The Labute approximate surface area is 158 Å². The van der Waals surface area contributed by atoms with E-state index < -0.39 is 5.97 Å². The maximum Gasteiger partial charge on any atom is 0.348 e. The zero-order valence-corrected chi connectivity index (χ0v) is 15.3. The highest BCUT2D eigenvalue weighted by molar-refractivity contribution is 7.18. The fourth-order valence-electron chi connectivity index (χ4n) is 2.25. The first-order valence-electron chi connectivity index (χ1n) is 8.07. The molecule has 0 atom stereocenters. The molecule has 0 amide bonds. The van der Waals surface area contributed by atoms with Crippen molar-refractivity contribution in [1.29, 1.82) is 0 Å². The Morgan fingerprint density at radius 2 is 2.04 bits per heavy atom. The Hall–Kier alpha value is -3.20. The average Bonchev–Trinajstić information content (AvgIpc) is 3.31. The van der Waals surface area contributed by atoms with Crippen molar-refractivity contribution < 1.29 is 23.6 Å². The lowest BCUT2D eigenvalue weighted by Crippen LogP contribution is -2.03. The maximum absolute atomic E-state index is 12.2. The summed E-state index contributed by atoms with van der Waals surface area (Å²) in [5, 5.41) is 4.23. The van der Waals surface area contributed by atoms with Crippen molar-refractivity contribution in [2.45, 2.75) is 19.4 Å². The largest absolute Gasteiger partial charge is 0.469 e. The van der Waals surface area contributed by atoms with Crippen LogP contribution >= 0.6 is 11.3 Å². The van der Waals surface area contributed by atoms with Crippen LogP contribution in [0, 0.1) is 0 Å². The van der Waals surface area contributed by atoms with Gasteiger partial charge in [0.1, 0.15) is 11.5 Å². The first-order valence-corrected chi connectivity index (χ1v) is 8.88. The lowest BCUT2D eigenvalue weighted by Gasteiger charge is -2.02. The molecule has 0 radical (unpaired) electrons. The molecule has 3 rings (SSSR count). The van der Waals surface area contributed by atoms with Gasteiger partial charge < -0.3 is 19.7 Å². The minimum Gasteiger partial charge on any atom is -0.469 e. The monoisotopic (exact) mass is 387 g/mol. The summed E-state index contributed by atoms with van der Waals surface area (Å²) >= 11 is 1.09. The Morgan fingerprint density at radius 3 is 2.78 bits per heavy atom. The quantitative estimate of drug-likeness (QED) is 0.615. The van der Waals surface area contributed by atoms with E-state index in [1.165, 1.54) is 7.11 Å². The molecule has 0 aliphatic rings. The topological polar surface area (TPSA) is 118 Å². The summed E-state index contributed by atoms with van der Waals surface area (Å²) in [6.07, 6.45) is 0.393. The van der Waals surface area contributed by atoms with Crippen molar-refractivity contribution in [3.63, 3.8) is 0 Å². The number of esters is 2. The number of benzene rings is 1. The lowest BCUT2D eigenvalue weighted by molar-refractivity contribution is -0.140. The van der Waals surface area contributed by atoms with Crippen LogP contribution in [-0.2, 0) is 27.3 Å². The molecule has 0 aliphatic carbocycles. The van der Waals surface area contributed by atoms with Crippen molar-refractivity contribution in [2.75, 3.05) is 12.8 Å². The van der Waals surface area contributed by atoms with Gasteiger partial charge in [-0.25, -0.2) is 4.79 Å². The predicted octanol–water partition coefficient (Wildman–Crippen LogP) is 2.84. The Kier molecular flexibility index (Phi) is 5.82. The Bertz CT molecular complexity index is 936. The minimum atomic E-state index is -0.476. The molecule has 0 spiro atoms. The molecule has 0 saturated heterocycles. The number of thiophene rings is 1. The molecule has 0 unspecified atom stereocenters. The molecule has 27 heavy (non-hydrogen) atoms. The van der Waals surface area contributed by atoms with Crippen molar-refractivity contribution in [2.24, 2.45) is 0 Å². The van der Waals surface area contributed by atoms with E-state index in [-0.39, 0.29) is 37.1 Å². The number of aromatic nitrogens is 2. The van der Waals surface area contributed by atoms with E-state index >= 15 is 0 Å². The zero-order chi connectivity index (χ0) is 19.2. The van der Waals surface area contributed by atoms with Gasteiger partial charge in [0.2, 0.25) is 11.7 Å². The van der Waals surface area contributed by atoms with E-state index in [1.54, 1.807) is 6.07 Å². The third-order valence-electron chi connectivity index (χ3n) is 3.65. The zero-order valence-electron chi connectivity index (χ0n) is 14.5. The number of hydrogen-bond donors (Lipinski definition) is 1. The van der Waals surface area contributed by atoms with Crippen LogP contribution in [0.15, 0.2) is 40.9 Å². The molecule has 0 aliphatic heterocycles. The molecule has 2 aromatic heterocycles. The van der Waals surface area contributed by atoms with Crippen LogP contribution in [0.25, 0.3) is 11.4 Å². The van der Waals surface area contributed by atoms with Crippen molar-refractivity contribution in [3.8, 4) is 11.4 Å². The second kappa shape index (κ2) is 8.45. The molecular formula is C18H17N3O5S. The van der Waals surface area contributed by atoms with E-state index in [2.05, 4.69) is 14.9 Å². The fraction of sp³-hybridized carbons (Fsp3) is 0.222. The number of rotatable bonds is 7. The van der Waals surface area contributed by atoms with E-state index in [9.17, 15) is 9.59 Å². The molecular weight excluding hydrogens is 370 g/mol. The summed E-state index contributed by atoms with van der Waals surface area (Å²) in [6.45, 7) is 0.173. The molecule has 0 saturated carbocycles. The van der Waals surface area contributed by atoms with Gasteiger partial charge in [-0.05, 0) is 11.6 Å². The summed E-state index contributed by atoms with van der Waals surface area (Å²) in [4.78, 5) is 28.0. The molecule has 1 aromatic carbocycles. The van der Waals surface area contributed by atoms with Gasteiger partial charge in [0.05, 0.1) is 24.1 Å². The number of carbonyl (C=O) groups is 2. The molecule has 2 N–H and O–H groups in total. The highest BCUT2D eigenvalue weighted by Crippen LogP contribution is 2.33. The second-order valence-electron chi connectivity index (χ2n) is 5.54. The van der Waals surface area contributed by atoms with Crippen LogP contribution in [0.1, 0.15) is 27.5 Å². The summed E-state index contributed by atoms with van der Waals surface area (Å²) in [5.74, 6) is -0.301. The van der Waals surface area contributed by atoms with E-state index in [4.69, 9.17) is 15.0 Å². The van der Waals surface area contributed by atoms with Crippen LogP contribution in [0.2, 0.25) is 0 Å². The van der Waals surface area contributed by atoms with Gasteiger partial charge in [0, 0.05) is 6.42 Å². The van der Waals surface area contributed by atoms with E-state index in [0.29, 0.717) is 15.4 Å². The Morgan fingerprint density at radius 1 is 1.26 bits per heavy atom. The van der Waals surface area contributed by atoms with Gasteiger partial charge in [-0.2, -0.15) is 4.98 Å². The minimum absolute atomic E-state index is 0.133. The average molecular weight is 387 g/mol. The fourth-order valence-corrected chi connectivity index (χ4v) is 3.07. The number of nitrogens with zero attached hydrogens (tertiary/aromatic N) is 2. The van der Waals surface area contributed by atoms with Crippen molar-refractivity contribution in [3.05, 3.63) is 52.7 Å². The summed E-state index contributed by atoms with van der Waals surface area (Å²) in [5.41, 5.74) is 7.36. The SMILES string of the molecule is COC(=O)CCc1nc(-c2cc(C(=O)OCc3ccccc3)sc2N)no1. The van der Waals surface area contributed by atoms with Gasteiger partial charge in [-0.15, -0.1) is 11.3 Å². The number of methoxy groups -OCH3 is 1. The molecule has 140 valence electrons. The van der Waals surface area contributed by atoms with Gasteiger partial charge >= 0.3 is 11.9 Å². The van der Waals surface area contributed by atoms with Gasteiger partial charge in [-0.3, -0.25) is 4.79 Å². The summed E-state index contributed by atoms with van der Waals surface area (Å²) in [6, 6.07) is 11.0.